The van der Waals surface area contributed by atoms with E-state index in [0.717, 1.165) is 19.4 Å². The molecular weight excluding hydrogens is 353 g/mol. The summed E-state index contributed by atoms with van der Waals surface area (Å²) in [5.74, 6) is -0.408. The molecule has 0 aliphatic carbocycles. The maximum absolute atomic E-state index is 12.2. The Hall–Kier alpha value is -1.31. The molecule has 0 aromatic carbocycles. The van der Waals surface area contributed by atoms with Gasteiger partial charge >= 0.3 is 0 Å². The molecule has 0 aliphatic rings. The van der Waals surface area contributed by atoms with Crippen molar-refractivity contribution in [1.29, 1.82) is 0 Å². The molecule has 7 nitrogen and oxygen atoms in total. The van der Waals surface area contributed by atoms with E-state index in [1.165, 1.54) is 0 Å². The first-order valence-corrected chi connectivity index (χ1v) is 7.72. The normalized spacial score (nSPS) is 13.7. The number of hydrogen-bond acceptors (Lipinski definition) is 4. The number of halogens is 2. The molecule has 9 heteroatoms. The lowest BCUT2D eigenvalue weighted by Crippen LogP contribution is -2.53. The molecule has 2 amide bonds. The minimum atomic E-state index is -0.611. The molecule has 1 heterocycles. The second-order valence-electron chi connectivity index (χ2n) is 5.54. The molecule has 0 spiro atoms. The molecule has 0 aliphatic heterocycles. The summed E-state index contributed by atoms with van der Waals surface area (Å²) in [6, 6.07) is -1.15. The molecule has 0 unspecified atom stereocenters. The first-order chi connectivity index (χ1) is 10.5. The van der Waals surface area contributed by atoms with Crippen LogP contribution in [0.5, 0.6) is 0 Å². The van der Waals surface area contributed by atoms with E-state index in [1.807, 2.05) is 24.6 Å². The number of nitrogens with two attached hydrogens (primary N) is 1. The summed E-state index contributed by atoms with van der Waals surface area (Å²) in [4.78, 5) is 28.0. The number of nitrogens with one attached hydrogen (secondary N) is 2. The van der Waals surface area contributed by atoms with Gasteiger partial charge in [-0.3, -0.25) is 9.59 Å². The second-order valence-corrected chi connectivity index (χ2v) is 5.54. The summed E-state index contributed by atoms with van der Waals surface area (Å²) in [6.07, 6.45) is 7.46. The van der Waals surface area contributed by atoms with Crippen LogP contribution >= 0.6 is 24.8 Å². The van der Waals surface area contributed by atoms with Gasteiger partial charge in [0.1, 0.15) is 6.04 Å². The average Bonchev–Trinajstić information content (AvgIpc) is 3.03. The van der Waals surface area contributed by atoms with E-state index in [9.17, 15) is 9.59 Å². The standard InChI is InChI=1S/C15H27N5O2.2ClH/c1-4-11(2)13(15(22)17-3)19-14(21)12(16)6-5-8-20-9-7-18-10-20;;/h7,9-13H,4-6,8,16H2,1-3H3,(H,17,22)(H,19,21);2*1H/t11-,12-,13-;;/m0../s1. The third-order valence-corrected chi connectivity index (χ3v) is 3.87. The largest absolute Gasteiger partial charge is 0.357 e. The summed E-state index contributed by atoms with van der Waals surface area (Å²) >= 11 is 0. The molecule has 1 aromatic heterocycles. The van der Waals surface area contributed by atoms with E-state index in [2.05, 4.69) is 15.6 Å². The lowest BCUT2D eigenvalue weighted by molar-refractivity contribution is -0.130. The van der Waals surface area contributed by atoms with Crippen molar-refractivity contribution in [2.75, 3.05) is 7.05 Å². The van der Waals surface area contributed by atoms with Crippen molar-refractivity contribution in [3.8, 4) is 0 Å². The van der Waals surface area contributed by atoms with E-state index in [1.54, 1.807) is 19.6 Å². The Kier molecular flexibility index (Phi) is 13.5. The molecule has 0 bridgehead atoms. The van der Waals surface area contributed by atoms with Crippen LogP contribution in [0.3, 0.4) is 0 Å². The molecule has 140 valence electrons. The number of carbonyl (C=O) groups is 2. The van der Waals surface area contributed by atoms with Gasteiger partial charge in [-0.15, -0.1) is 24.8 Å². The van der Waals surface area contributed by atoms with Gasteiger partial charge in [0.05, 0.1) is 12.4 Å². The van der Waals surface area contributed by atoms with Crippen molar-refractivity contribution >= 4 is 36.6 Å². The van der Waals surface area contributed by atoms with E-state index in [0.29, 0.717) is 6.42 Å². The maximum atomic E-state index is 12.2. The number of imidazole rings is 1. The summed E-state index contributed by atoms with van der Waals surface area (Å²) in [7, 11) is 1.56. The highest BCUT2D eigenvalue weighted by molar-refractivity contribution is 5.89. The fraction of sp³-hybridized carbons (Fsp3) is 0.667. The van der Waals surface area contributed by atoms with Crippen molar-refractivity contribution in [3.05, 3.63) is 18.7 Å². The van der Waals surface area contributed by atoms with Gasteiger partial charge in [-0.2, -0.15) is 0 Å². The van der Waals surface area contributed by atoms with E-state index >= 15 is 0 Å². The van der Waals surface area contributed by atoms with Crippen LogP contribution in [0.4, 0.5) is 0 Å². The topological polar surface area (TPSA) is 102 Å². The fourth-order valence-corrected chi connectivity index (χ4v) is 2.16. The maximum Gasteiger partial charge on any atom is 0.242 e. The van der Waals surface area contributed by atoms with Crippen molar-refractivity contribution in [1.82, 2.24) is 20.2 Å². The first kappa shape index (κ1) is 24.9. The minimum absolute atomic E-state index is 0. The third kappa shape index (κ3) is 7.99. The highest BCUT2D eigenvalue weighted by atomic mass is 35.5. The zero-order valence-electron chi connectivity index (χ0n) is 14.4. The number of aryl methyl sites for hydroxylation is 1. The number of nitrogens with zero attached hydrogens (tertiary/aromatic N) is 2. The lowest BCUT2D eigenvalue weighted by Gasteiger charge is -2.24. The molecule has 0 saturated heterocycles. The zero-order chi connectivity index (χ0) is 16.5. The van der Waals surface area contributed by atoms with Crippen LogP contribution in [0, 0.1) is 5.92 Å². The molecule has 3 atom stereocenters. The Balaban J connectivity index is 0. The predicted molar refractivity (Wildman–Crippen MR) is 99.4 cm³/mol. The first-order valence-electron chi connectivity index (χ1n) is 7.72. The summed E-state index contributed by atoms with van der Waals surface area (Å²) in [5.41, 5.74) is 5.92. The summed E-state index contributed by atoms with van der Waals surface area (Å²) in [6.45, 7) is 4.69. The van der Waals surface area contributed by atoms with Crippen molar-refractivity contribution in [2.24, 2.45) is 11.7 Å². The molecule has 4 N–H and O–H groups in total. The van der Waals surface area contributed by atoms with E-state index in [4.69, 9.17) is 5.73 Å². The molecule has 1 rings (SSSR count). The van der Waals surface area contributed by atoms with Gasteiger partial charge in [0, 0.05) is 26.0 Å². The van der Waals surface area contributed by atoms with E-state index in [-0.39, 0.29) is 42.5 Å². The van der Waals surface area contributed by atoms with Gasteiger partial charge in [-0.05, 0) is 18.8 Å². The quantitative estimate of drug-likeness (QED) is 0.595. The molecule has 1 aromatic rings. The Bertz CT molecular complexity index is 470. The predicted octanol–water partition coefficient (Wildman–Crippen LogP) is 1.11. The number of carbonyl (C=O) groups excluding carboxylic acids is 2. The Morgan fingerprint density at radius 2 is 1.96 bits per heavy atom. The second kappa shape index (κ2) is 13.0. The molecule has 24 heavy (non-hydrogen) atoms. The number of rotatable bonds is 9. The highest BCUT2D eigenvalue weighted by Gasteiger charge is 2.26. The summed E-state index contributed by atoms with van der Waals surface area (Å²) in [5, 5.41) is 5.35. The molecular formula is C15H29Cl2N5O2. The Morgan fingerprint density at radius 3 is 2.46 bits per heavy atom. The van der Waals surface area contributed by atoms with Gasteiger partial charge in [0.25, 0.3) is 0 Å². The van der Waals surface area contributed by atoms with Gasteiger partial charge in [-0.25, -0.2) is 4.98 Å². The van der Waals surface area contributed by atoms with Gasteiger partial charge in [0.2, 0.25) is 11.8 Å². The monoisotopic (exact) mass is 381 g/mol. The SMILES string of the molecule is CC[C@H](C)[C@H](NC(=O)[C@@H](N)CCCn1ccnc1)C(=O)NC.Cl.Cl. The fourth-order valence-electron chi connectivity index (χ4n) is 2.16. The van der Waals surface area contributed by atoms with Crippen molar-refractivity contribution in [3.63, 3.8) is 0 Å². The van der Waals surface area contributed by atoms with E-state index < -0.39 is 12.1 Å². The van der Waals surface area contributed by atoms with Crippen molar-refractivity contribution < 1.29 is 9.59 Å². The smallest absolute Gasteiger partial charge is 0.242 e. The minimum Gasteiger partial charge on any atom is -0.357 e. The Morgan fingerprint density at radius 1 is 1.29 bits per heavy atom. The number of likely N-dealkylation sites (N-methyl/N-ethyl adjacent to an activating group) is 1. The third-order valence-electron chi connectivity index (χ3n) is 3.87. The van der Waals surface area contributed by atoms with Crippen LogP contribution in [0.15, 0.2) is 18.7 Å². The van der Waals surface area contributed by atoms with Crippen LogP contribution in [0.25, 0.3) is 0 Å². The van der Waals surface area contributed by atoms with Gasteiger partial charge in [0.15, 0.2) is 0 Å². The number of aromatic nitrogens is 2. The molecule has 0 saturated carbocycles. The zero-order valence-corrected chi connectivity index (χ0v) is 16.0. The van der Waals surface area contributed by atoms with Crippen molar-refractivity contribution in [2.45, 2.75) is 51.7 Å². The molecule has 0 fully saturated rings. The summed E-state index contributed by atoms with van der Waals surface area (Å²) < 4.78 is 1.94. The van der Waals surface area contributed by atoms with Gasteiger partial charge < -0.3 is 20.9 Å². The Labute approximate surface area is 156 Å². The van der Waals surface area contributed by atoms with Crippen LogP contribution in [-0.2, 0) is 16.1 Å². The van der Waals surface area contributed by atoms with Gasteiger partial charge in [-0.1, -0.05) is 20.3 Å². The van der Waals surface area contributed by atoms with Crippen LogP contribution < -0.4 is 16.4 Å². The molecule has 0 radical (unpaired) electrons. The number of hydrogen-bond donors (Lipinski definition) is 3. The van der Waals surface area contributed by atoms with Crippen LogP contribution in [0.2, 0.25) is 0 Å². The van der Waals surface area contributed by atoms with Crippen LogP contribution in [0.1, 0.15) is 33.1 Å². The highest BCUT2D eigenvalue weighted by Crippen LogP contribution is 2.09. The average molecular weight is 382 g/mol. The lowest BCUT2D eigenvalue weighted by atomic mass is 9.97. The number of amides is 2. The van der Waals surface area contributed by atoms with Crippen LogP contribution in [-0.4, -0.2) is 40.5 Å².